The number of anilines is 1. The summed E-state index contributed by atoms with van der Waals surface area (Å²) in [5.74, 6) is -0.471. The van der Waals surface area contributed by atoms with Crippen LogP contribution in [0, 0.1) is 6.92 Å². The van der Waals surface area contributed by atoms with Crippen molar-refractivity contribution in [3.05, 3.63) is 59.7 Å². The number of amides is 1. The molecule has 0 saturated heterocycles. The Morgan fingerprint density at radius 1 is 1.00 bits per heavy atom. The van der Waals surface area contributed by atoms with Crippen LogP contribution in [0.4, 0.5) is 5.69 Å². The van der Waals surface area contributed by atoms with E-state index in [0.717, 1.165) is 20.4 Å². The lowest BCUT2D eigenvalue weighted by molar-refractivity contribution is -0.120. The minimum atomic E-state index is -3.66. The van der Waals surface area contributed by atoms with Crippen LogP contribution < -0.4 is 9.62 Å². The summed E-state index contributed by atoms with van der Waals surface area (Å²) in [7, 11) is -4.30. The van der Waals surface area contributed by atoms with Gasteiger partial charge in [-0.25, -0.2) is 21.1 Å². The van der Waals surface area contributed by atoms with E-state index in [1.165, 1.54) is 26.2 Å². The summed E-state index contributed by atoms with van der Waals surface area (Å²) in [6, 6.07) is 12.7. The number of sulfonamides is 2. The topological polar surface area (TPSA) is 104 Å². The number of nitrogens with zero attached hydrogens (tertiary/aromatic N) is 2. The van der Waals surface area contributed by atoms with E-state index in [-0.39, 0.29) is 11.4 Å². The molecule has 0 spiro atoms. The lowest BCUT2D eigenvalue weighted by Crippen LogP contribution is -2.41. The number of carbonyl (C=O) groups excluding carboxylic acids is 1. The Morgan fingerprint density at radius 2 is 1.57 bits per heavy atom. The molecule has 1 N–H and O–H groups in total. The molecule has 10 heteroatoms. The van der Waals surface area contributed by atoms with E-state index in [2.05, 4.69) is 5.32 Å². The third-order valence-corrected chi connectivity index (χ3v) is 7.56. The number of aryl methyl sites for hydroxylation is 1. The lowest BCUT2D eigenvalue weighted by atomic mass is 10.1. The number of nitrogens with one attached hydrogen (secondary N) is 1. The van der Waals surface area contributed by atoms with Gasteiger partial charge in [0.15, 0.2) is 0 Å². The van der Waals surface area contributed by atoms with Crippen LogP contribution in [0.1, 0.15) is 24.1 Å². The maximum atomic E-state index is 12.6. The Kier molecular flexibility index (Phi) is 7.27. The monoisotopic (exact) mass is 453 g/mol. The first-order valence-electron chi connectivity index (χ1n) is 9.19. The largest absolute Gasteiger partial charge is 0.348 e. The first-order chi connectivity index (χ1) is 13.8. The van der Waals surface area contributed by atoms with Crippen molar-refractivity contribution < 1.29 is 21.6 Å². The molecule has 30 heavy (non-hydrogen) atoms. The molecule has 1 atom stereocenters. The molecule has 0 aliphatic carbocycles. The number of rotatable bonds is 8. The zero-order chi connectivity index (χ0) is 22.7. The first kappa shape index (κ1) is 23.8. The summed E-state index contributed by atoms with van der Waals surface area (Å²) in [5.41, 5.74) is 1.88. The second-order valence-corrected chi connectivity index (χ2v) is 11.3. The SMILES string of the molecule is Cc1ccccc1N(CC(=O)NC(C)c1ccc(S(=O)(=O)N(C)C)cc1)S(C)(=O)=O. The highest BCUT2D eigenvalue weighted by atomic mass is 32.2. The summed E-state index contributed by atoms with van der Waals surface area (Å²) in [5, 5.41) is 2.76. The number of benzene rings is 2. The fraction of sp³-hybridized carbons (Fsp3) is 0.350. The minimum absolute atomic E-state index is 0.151. The van der Waals surface area contributed by atoms with Gasteiger partial charge in [-0.3, -0.25) is 9.10 Å². The molecule has 0 bridgehead atoms. The van der Waals surface area contributed by atoms with E-state index >= 15 is 0 Å². The molecule has 2 aromatic carbocycles. The fourth-order valence-corrected chi connectivity index (χ4v) is 4.68. The number of para-hydroxylation sites is 1. The number of hydrogen-bond acceptors (Lipinski definition) is 5. The zero-order valence-electron chi connectivity index (χ0n) is 17.7. The Labute approximate surface area is 178 Å². The van der Waals surface area contributed by atoms with E-state index in [9.17, 15) is 21.6 Å². The average molecular weight is 454 g/mol. The molecule has 0 radical (unpaired) electrons. The summed E-state index contributed by atoms with van der Waals surface area (Å²) < 4.78 is 51.0. The van der Waals surface area contributed by atoms with Gasteiger partial charge in [-0.05, 0) is 43.2 Å². The molecule has 1 unspecified atom stereocenters. The number of carbonyl (C=O) groups is 1. The van der Waals surface area contributed by atoms with Crippen molar-refractivity contribution in [3.8, 4) is 0 Å². The van der Waals surface area contributed by atoms with Gasteiger partial charge in [-0.15, -0.1) is 0 Å². The van der Waals surface area contributed by atoms with Crippen LogP contribution in [0.15, 0.2) is 53.4 Å². The fourth-order valence-electron chi connectivity index (χ4n) is 2.86. The van der Waals surface area contributed by atoms with Gasteiger partial charge in [0.2, 0.25) is 26.0 Å². The molecule has 1 amide bonds. The molecule has 2 aromatic rings. The van der Waals surface area contributed by atoms with Gasteiger partial charge in [0.25, 0.3) is 0 Å². The molecule has 0 aromatic heterocycles. The van der Waals surface area contributed by atoms with Gasteiger partial charge in [-0.2, -0.15) is 0 Å². The van der Waals surface area contributed by atoms with Crippen LogP contribution in [-0.2, 0) is 24.8 Å². The van der Waals surface area contributed by atoms with Crippen molar-refractivity contribution in [1.29, 1.82) is 0 Å². The molecular weight excluding hydrogens is 426 g/mol. The predicted molar refractivity (Wildman–Crippen MR) is 117 cm³/mol. The maximum absolute atomic E-state index is 12.6. The second-order valence-electron chi connectivity index (χ2n) is 7.20. The van der Waals surface area contributed by atoms with Crippen molar-refractivity contribution in [2.75, 3.05) is 31.2 Å². The van der Waals surface area contributed by atoms with Crippen LogP contribution in [-0.4, -0.2) is 53.9 Å². The summed E-state index contributed by atoms with van der Waals surface area (Å²) in [6.45, 7) is 3.16. The van der Waals surface area contributed by atoms with Crippen LogP contribution in [0.5, 0.6) is 0 Å². The van der Waals surface area contributed by atoms with E-state index in [0.29, 0.717) is 11.3 Å². The van der Waals surface area contributed by atoms with Gasteiger partial charge >= 0.3 is 0 Å². The standard InChI is InChI=1S/C20H27N3O5S2/c1-15-8-6-7-9-19(15)23(29(5,25)26)14-20(24)21-16(2)17-10-12-18(13-11-17)30(27,28)22(3)4/h6-13,16H,14H2,1-5H3,(H,21,24). The molecule has 0 aliphatic heterocycles. The normalized spacial score (nSPS) is 13.1. The van der Waals surface area contributed by atoms with Gasteiger partial charge in [0.1, 0.15) is 6.54 Å². The number of hydrogen-bond donors (Lipinski definition) is 1. The van der Waals surface area contributed by atoms with Crippen LogP contribution >= 0.6 is 0 Å². The third-order valence-electron chi connectivity index (χ3n) is 4.61. The van der Waals surface area contributed by atoms with Gasteiger partial charge < -0.3 is 5.32 Å². The molecule has 0 aliphatic rings. The highest BCUT2D eigenvalue weighted by Gasteiger charge is 2.23. The maximum Gasteiger partial charge on any atom is 0.242 e. The van der Waals surface area contributed by atoms with Crippen molar-refractivity contribution in [2.24, 2.45) is 0 Å². The zero-order valence-corrected chi connectivity index (χ0v) is 19.3. The Bertz CT molecular complexity index is 1110. The van der Waals surface area contributed by atoms with E-state index in [4.69, 9.17) is 0 Å². The van der Waals surface area contributed by atoms with Crippen molar-refractivity contribution in [3.63, 3.8) is 0 Å². The summed E-state index contributed by atoms with van der Waals surface area (Å²) >= 11 is 0. The van der Waals surface area contributed by atoms with Gasteiger partial charge in [-0.1, -0.05) is 30.3 Å². The van der Waals surface area contributed by atoms with Crippen molar-refractivity contribution >= 4 is 31.6 Å². The summed E-state index contributed by atoms with van der Waals surface area (Å²) in [4.78, 5) is 12.7. The van der Waals surface area contributed by atoms with Crippen LogP contribution in [0.2, 0.25) is 0 Å². The smallest absolute Gasteiger partial charge is 0.242 e. The van der Waals surface area contributed by atoms with Crippen molar-refractivity contribution in [1.82, 2.24) is 9.62 Å². The molecule has 0 fully saturated rings. The second kappa shape index (κ2) is 9.15. The van der Waals surface area contributed by atoms with Crippen molar-refractivity contribution in [2.45, 2.75) is 24.8 Å². The van der Waals surface area contributed by atoms with E-state index in [1.807, 2.05) is 0 Å². The minimum Gasteiger partial charge on any atom is -0.348 e. The van der Waals surface area contributed by atoms with Crippen LogP contribution in [0.25, 0.3) is 0 Å². The molecule has 0 saturated carbocycles. The Morgan fingerprint density at radius 3 is 2.07 bits per heavy atom. The molecule has 164 valence electrons. The molecular formula is C20H27N3O5S2. The third kappa shape index (κ3) is 5.59. The first-order valence-corrected chi connectivity index (χ1v) is 12.5. The average Bonchev–Trinajstić information content (AvgIpc) is 2.66. The Hall–Kier alpha value is -2.43. The quantitative estimate of drug-likeness (QED) is 0.657. The van der Waals surface area contributed by atoms with E-state index in [1.54, 1.807) is 50.2 Å². The highest BCUT2D eigenvalue weighted by Crippen LogP contribution is 2.22. The predicted octanol–water partition coefficient (Wildman–Crippen LogP) is 1.89. The lowest BCUT2D eigenvalue weighted by Gasteiger charge is -2.24. The van der Waals surface area contributed by atoms with Gasteiger partial charge in [0.05, 0.1) is 22.9 Å². The Balaban J connectivity index is 2.16. The summed E-state index contributed by atoms with van der Waals surface area (Å²) in [6.07, 6.45) is 1.06. The molecule has 2 rings (SSSR count). The van der Waals surface area contributed by atoms with Crippen LogP contribution in [0.3, 0.4) is 0 Å². The molecule has 0 heterocycles. The highest BCUT2D eigenvalue weighted by molar-refractivity contribution is 7.92. The van der Waals surface area contributed by atoms with Gasteiger partial charge in [0, 0.05) is 14.1 Å². The molecule has 8 nitrogen and oxygen atoms in total. The van der Waals surface area contributed by atoms with E-state index < -0.39 is 32.0 Å².